The van der Waals surface area contributed by atoms with Gasteiger partial charge in [0.25, 0.3) is 0 Å². The van der Waals surface area contributed by atoms with Crippen molar-refractivity contribution in [2.24, 2.45) is 5.41 Å². The van der Waals surface area contributed by atoms with Crippen LogP contribution in [0.1, 0.15) is 43.5 Å². The Labute approximate surface area is 164 Å². The maximum Gasteiger partial charge on any atom is 0.416 e. The van der Waals surface area contributed by atoms with Gasteiger partial charge in [0, 0.05) is 0 Å². The number of hydrogen-bond acceptors (Lipinski definition) is 2. The van der Waals surface area contributed by atoms with Crippen LogP contribution in [0.2, 0.25) is 0 Å². The van der Waals surface area contributed by atoms with Gasteiger partial charge in [0.1, 0.15) is 0 Å². The summed E-state index contributed by atoms with van der Waals surface area (Å²) in [6.45, 7) is 7.69. The number of aryl methyl sites for hydroxylation is 1. The molecule has 0 bridgehead atoms. The van der Waals surface area contributed by atoms with Crippen LogP contribution >= 0.6 is 0 Å². The molecule has 0 radical (unpaired) electrons. The molecule has 0 saturated heterocycles. The summed E-state index contributed by atoms with van der Waals surface area (Å²) in [5.41, 5.74) is 0.339. The van der Waals surface area contributed by atoms with E-state index in [1.807, 2.05) is 33.8 Å². The normalized spacial score (nSPS) is 14.4. The Kier molecular flexibility index (Phi) is 6.41. The second kappa shape index (κ2) is 8.09. The number of sulfonamides is 1. The minimum absolute atomic E-state index is 0.0965. The van der Waals surface area contributed by atoms with Gasteiger partial charge in [-0.1, -0.05) is 62.8 Å². The minimum atomic E-state index is -4.45. The lowest BCUT2D eigenvalue weighted by molar-refractivity contribution is -0.137. The monoisotopic (exact) mass is 411 g/mol. The SMILES string of the molecule is Cc1ccc(S(=O)(=O)NC(/C=C/C(C)(C)C)c2ccc(C(F)(F)F)cc2)cc1. The third-order valence-electron chi connectivity index (χ3n) is 4.00. The van der Waals surface area contributed by atoms with E-state index in [2.05, 4.69) is 4.72 Å². The van der Waals surface area contributed by atoms with Gasteiger partial charge < -0.3 is 0 Å². The predicted molar refractivity (Wildman–Crippen MR) is 104 cm³/mol. The van der Waals surface area contributed by atoms with Gasteiger partial charge in [0.05, 0.1) is 16.5 Å². The van der Waals surface area contributed by atoms with Gasteiger partial charge in [-0.15, -0.1) is 0 Å². The first-order valence-corrected chi connectivity index (χ1v) is 10.2. The summed E-state index contributed by atoms with van der Waals surface area (Å²) in [6, 6.07) is 10.0. The van der Waals surface area contributed by atoms with Gasteiger partial charge in [-0.05, 0) is 42.2 Å². The van der Waals surface area contributed by atoms with Crippen LogP contribution in [-0.2, 0) is 16.2 Å². The quantitative estimate of drug-likeness (QED) is 0.648. The van der Waals surface area contributed by atoms with E-state index in [1.165, 1.54) is 24.3 Å². The fraction of sp³-hybridized carbons (Fsp3) is 0.333. The van der Waals surface area contributed by atoms with Gasteiger partial charge >= 0.3 is 6.18 Å². The highest BCUT2D eigenvalue weighted by molar-refractivity contribution is 7.89. The molecule has 2 rings (SSSR count). The van der Waals surface area contributed by atoms with Crippen LogP contribution in [-0.4, -0.2) is 8.42 Å². The van der Waals surface area contributed by atoms with Crippen LogP contribution in [0.25, 0.3) is 0 Å². The average molecular weight is 411 g/mol. The second-order valence-corrected chi connectivity index (χ2v) is 9.47. The van der Waals surface area contributed by atoms with Crippen LogP contribution in [0.5, 0.6) is 0 Å². The van der Waals surface area contributed by atoms with Crippen LogP contribution in [0.15, 0.2) is 65.6 Å². The molecule has 0 aliphatic rings. The molecule has 0 aromatic heterocycles. The predicted octanol–water partition coefficient (Wildman–Crippen LogP) is 5.64. The van der Waals surface area contributed by atoms with E-state index < -0.39 is 27.8 Å². The molecular weight excluding hydrogens is 387 g/mol. The molecule has 152 valence electrons. The molecule has 3 nitrogen and oxygen atoms in total. The molecule has 0 amide bonds. The summed E-state index contributed by atoms with van der Waals surface area (Å²) in [4.78, 5) is 0.0965. The first-order valence-electron chi connectivity index (χ1n) is 8.73. The zero-order valence-corrected chi connectivity index (χ0v) is 17.0. The van der Waals surface area contributed by atoms with E-state index in [9.17, 15) is 21.6 Å². The van der Waals surface area contributed by atoms with Crippen LogP contribution in [0.4, 0.5) is 13.2 Å². The number of alkyl halides is 3. The average Bonchev–Trinajstić information content (AvgIpc) is 2.57. The fourth-order valence-corrected chi connectivity index (χ4v) is 3.61. The Morgan fingerprint density at radius 1 is 0.929 bits per heavy atom. The largest absolute Gasteiger partial charge is 0.416 e. The third-order valence-corrected chi connectivity index (χ3v) is 5.46. The summed E-state index contributed by atoms with van der Waals surface area (Å²) in [5, 5.41) is 0. The van der Waals surface area contributed by atoms with Gasteiger partial charge in [-0.3, -0.25) is 0 Å². The lowest BCUT2D eigenvalue weighted by atomic mass is 9.94. The maximum atomic E-state index is 12.8. The Balaban J connectivity index is 2.39. The molecule has 0 fully saturated rings. The molecule has 7 heteroatoms. The minimum Gasteiger partial charge on any atom is -0.207 e. The van der Waals surface area contributed by atoms with Crippen LogP contribution < -0.4 is 4.72 Å². The van der Waals surface area contributed by atoms with Crippen molar-refractivity contribution in [1.82, 2.24) is 4.72 Å². The summed E-state index contributed by atoms with van der Waals surface area (Å²) >= 11 is 0. The smallest absolute Gasteiger partial charge is 0.207 e. The summed E-state index contributed by atoms with van der Waals surface area (Å²) in [7, 11) is -3.85. The maximum absolute atomic E-state index is 12.8. The molecule has 2 aromatic carbocycles. The second-order valence-electron chi connectivity index (χ2n) is 7.76. The molecule has 28 heavy (non-hydrogen) atoms. The van der Waals surface area contributed by atoms with Gasteiger partial charge in [0.2, 0.25) is 10.0 Å². The highest BCUT2D eigenvalue weighted by atomic mass is 32.2. The lowest BCUT2D eigenvalue weighted by Gasteiger charge is -2.19. The van der Waals surface area contributed by atoms with Crippen molar-refractivity contribution in [3.63, 3.8) is 0 Å². The van der Waals surface area contributed by atoms with E-state index in [4.69, 9.17) is 0 Å². The lowest BCUT2D eigenvalue weighted by Crippen LogP contribution is -2.28. The van der Waals surface area contributed by atoms with Gasteiger partial charge in [0.15, 0.2) is 0 Å². The van der Waals surface area contributed by atoms with E-state index in [0.717, 1.165) is 17.7 Å². The van der Waals surface area contributed by atoms with Crippen molar-refractivity contribution in [2.75, 3.05) is 0 Å². The Bertz CT molecular complexity index is 924. The number of nitrogens with one attached hydrogen (secondary N) is 1. The molecule has 0 spiro atoms. The van der Waals surface area contributed by atoms with Crippen molar-refractivity contribution in [3.8, 4) is 0 Å². The molecule has 0 aliphatic heterocycles. The van der Waals surface area contributed by atoms with E-state index in [1.54, 1.807) is 18.2 Å². The van der Waals surface area contributed by atoms with E-state index in [0.29, 0.717) is 5.56 Å². The first-order chi connectivity index (χ1) is 12.8. The molecule has 1 atom stereocenters. The molecule has 1 N–H and O–H groups in total. The summed E-state index contributed by atoms with van der Waals surface area (Å²) in [5.74, 6) is 0. The molecular formula is C21H24F3NO2S. The topological polar surface area (TPSA) is 46.2 Å². The molecule has 0 saturated carbocycles. The van der Waals surface area contributed by atoms with Crippen molar-refractivity contribution < 1.29 is 21.6 Å². The van der Waals surface area contributed by atoms with E-state index >= 15 is 0 Å². The first kappa shape index (κ1) is 22.2. The zero-order chi connectivity index (χ0) is 21.2. The zero-order valence-electron chi connectivity index (χ0n) is 16.2. The Morgan fingerprint density at radius 2 is 1.46 bits per heavy atom. The fourth-order valence-electron chi connectivity index (χ4n) is 2.44. The van der Waals surface area contributed by atoms with Crippen LogP contribution in [0.3, 0.4) is 0 Å². The molecule has 2 aromatic rings. The molecule has 1 unspecified atom stereocenters. The number of benzene rings is 2. The Hall–Kier alpha value is -2.12. The number of halogens is 3. The highest BCUT2D eigenvalue weighted by Crippen LogP contribution is 2.31. The molecule has 0 heterocycles. The third kappa shape index (κ3) is 6.21. The van der Waals surface area contributed by atoms with Gasteiger partial charge in [-0.2, -0.15) is 17.9 Å². The number of allylic oxidation sites excluding steroid dienone is 1. The number of hydrogen-bond donors (Lipinski definition) is 1. The van der Waals surface area contributed by atoms with Crippen molar-refractivity contribution in [1.29, 1.82) is 0 Å². The number of rotatable bonds is 5. The van der Waals surface area contributed by atoms with Crippen molar-refractivity contribution in [2.45, 2.75) is 44.8 Å². The van der Waals surface area contributed by atoms with Crippen LogP contribution in [0, 0.1) is 12.3 Å². The Morgan fingerprint density at radius 3 is 1.93 bits per heavy atom. The van der Waals surface area contributed by atoms with E-state index in [-0.39, 0.29) is 10.3 Å². The standard InChI is InChI=1S/C21H24F3NO2S/c1-15-5-11-18(12-6-15)28(26,27)25-19(13-14-20(2,3)4)16-7-9-17(10-8-16)21(22,23)24/h5-14,19,25H,1-4H3/b14-13+. The van der Waals surface area contributed by atoms with Crippen molar-refractivity contribution >= 4 is 10.0 Å². The van der Waals surface area contributed by atoms with Crippen molar-refractivity contribution in [3.05, 3.63) is 77.4 Å². The van der Waals surface area contributed by atoms with Gasteiger partial charge in [-0.25, -0.2) is 8.42 Å². The molecule has 0 aliphatic carbocycles. The summed E-state index contributed by atoms with van der Waals surface area (Å²) < 4.78 is 66.6. The summed E-state index contributed by atoms with van der Waals surface area (Å²) in [6.07, 6.45) is -0.960. The highest BCUT2D eigenvalue weighted by Gasteiger charge is 2.30.